The van der Waals surface area contributed by atoms with Gasteiger partial charge in [0.1, 0.15) is 12.1 Å². The molecular weight excluding hydrogens is 504 g/mol. The van der Waals surface area contributed by atoms with Crippen molar-refractivity contribution in [3.63, 3.8) is 0 Å². The molecule has 208 valence electrons. The zero-order valence-electron chi connectivity index (χ0n) is 21.4. The average Bonchev–Trinajstić information content (AvgIpc) is 3.46. The molecule has 0 aromatic heterocycles. The number of guanidine groups is 1. The van der Waals surface area contributed by atoms with Gasteiger partial charge in [-0.2, -0.15) is 0 Å². The molecule has 0 unspecified atom stereocenters. The molecular formula is C26H34N8O5. The molecule has 0 saturated carbocycles. The van der Waals surface area contributed by atoms with Crippen molar-refractivity contribution in [1.82, 2.24) is 21.3 Å². The van der Waals surface area contributed by atoms with Crippen LogP contribution in [0.1, 0.15) is 31.2 Å². The van der Waals surface area contributed by atoms with Crippen LogP contribution in [0, 0.1) is 15.5 Å². The largest absolute Gasteiger partial charge is 0.370 e. The molecule has 13 nitrogen and oxygen atoms in total. The second-order valence-corrected chi connectivity index (χ2v) is 9.24. The fraction of sp³-hybridized carbons (Fsp3) is 0.385. The van der Waals surface area contributed by atoms with E-state index in [1.165, 1.54) is 24.3 Å². The number of nitrogens with two attached hydrogens (primary N) is 1. The fourth-order valence-electron chi connectivity index (χ4n) is 4.21. The van der Waals surface area contributed by atoms with Gasteiger partial charge in [0.2, 0.25) is 17.7 Å². The van der Waals surface area contributed by atoms with E-state index in [-0.39, 0.29) is 36.4 Å². The van der Waals surface area contributed by atoms with Crippen LogP contribution in [0.15, 0.2) is 54.6 Å². The smallest absolute Gasteiger partial charge is 0.269 e. The Kier molecular flexibility index (Phi) is 10.7. The Morgan fingerprint density at radius 3 is 2.38 bits per heavy atom. The summed E-state index contributed by atoms with van der Waals surface area (Å²) in [6, 6.07) is 12.3. The van der Waals surface area contributed by atoms with Gasteiger partial charge in [-0.1, -0.05) is 30.3 Å². The third-order valence-corrected chi connectivity index (χ3v) is 6.26. The first-order valence-corrected chi connectivity index (χ1v) is 12.7. The Balaban J connectivity index is 1.74. The molecule has 8 N–H and O–H groups in total. The number of nitro groups is 1. The number of non-ortho nitro benzene ring substituents is 1. The molecule has 1 aliphatic heterocycles. The van der Waals surface area contributed by atoms with Gasteiger partial charge in [0.25, 0.3) is 5.69 Å². The Morgan fingerprint density at radius 2 is 1.77 bits per heavy atom. The maximum absolute atomic E-state index is 13.5. The lowest BCUT2D eigenvalue weighted by Gasteiger charge is -2.24. The molecule has 1 heterocycles. The van der Waals surface area contributed by atoms with E-state index in [1.807, 2.05) is 30.3 Å². The predicted molar refractivity (Wildman–Crippen MR) is 146 cm³/mol. The van der Waals surface area contributed by atoms with Crippen molar-refractivity contribution in [3.05, 3.63) is 70.3 Å². The minimum Gasteiger partial charge on any atom is -0.370 e. The molecule has 0 bridgehead atoms. The molecule has 3 rings (SSSR count). The first kappa shape index (κ1) is 29.0. The first-order valence-electron chi connectivity index (χ1n) is 12.7. The third kappa shape index (κ3) is 9.38. The Labute approximate surface area is 226 Å². The number of amides is 3. The van der Waals surface area contributed by atoms with Gasteiger partial charge in [-0.15, -0.1) is 0 Å². The quantitative estimate of drug-likeness (QED) is 0.0636. The number of nitrogens with one attached hydrogen (secondary N) is 6. The second-order valence-electron chi connectivity index (χ2n) is 9.24. The Hall–Kier alpha value is -4.52. The normalized spacial score (nSPS) is 15.9. The van der Waals surface area contributed by atoms with E-state index in [4.69, 9.17) is 11.1 Å². The van der Waals surface area contributed by atoms with E-state index in [2.05, 4.69) is 26.6 Å². The van der Waals surface area contributed by atoms with Crippen molar-refractivity contribution < 1.29 is 19.3 Å². The summed E-state index contributed by atoms with van der Waals surface area (Å²) in [6.45, 7) is 1.04. The molecule has 0 aliphatic carbocycles. The maximum Gasteiger partial charge on any atom is 0.269 e. The van der Waals surface area contributed by atoms with E-state index in [0.29, 0.717) is 25.1 Å². The zero-order chi connectivity index (χ0) is 28.2. The van der Waals surface area contributed by atoms with E-state index in [1.54, 1.807) is 0 Å². The minimum atomic E-state index is -0.985. The van der Waals surface area contributed by atoms with Crippen molar-refractivity contribution >= 4 is 35.1 Å². The number of carbonyl (C=O) groups is 3. The number of nitrogens with zero attached hydrogens (tertiary/aromatic N) is 1. The molecule has 1 fully saturated rings. The van der Waals surface area contributed by atoms with Crippen LogP contribution in [0.4, 0.5) is 11.4 Å². The van der Waals surface area contributed by atoms with Gasteiger partial charge in [-0.05, 0) is 49.9 Å². The molecule has 3 atom stereocenters. The first-order chi connectivity index (χ1) is 18.7. The number of benzene rings is 2. The Morgan fingerprint density at radius 1 is 1.05 bits per heavy atom. The lowest BCUT2D eigenvalue weighted by molar-refractivity contribution is -0.384. The van der Waals surface area contributed by atoms with Gasteiger partial charge >= 0.3 is 0 Å². The maximum atomic E-state index is 13.5. The van der Waals surface area contributed by atoms with Gasteiger partial charge in [0, 0.05) is 30.8 Å². The summed E-state index contributed by atoms with van der Waals surface area (Å²) in [7, 11) is 0. The molecule has 0 radical (unpaired) electrons. The number of nitro benzene ring substituents is 1. The number of hydrogen-bond donors (Lipinski definition) is 7. The van der Waals surface area contributed by atoms with Gasteiger partial charge < -0.3 is 32.3 Å². The summed E-state index contributed by atoms with van der Waals surface area (Å²) in [5.74, 6) is -1.53. The summed E-state index contributed by atoms with van der Waals surface area (Å²) < 4.78 is 0. The van der Waals surface area contributed by atoms with Crippen LogP contribution >= 0.6 is 0 Å². The van der Waals surface area contributed by atoms with Crippen molar-refractivity contribution in [2.45, 2.75) is 50.2 Å². The van der Waals surface area contributed by atoms with E-state index >= 15 is 0 Å². The zero-order valence-corrected chi connectivity index (χ0v) is 21.4. The molecule has 13 heteroatoms. The highest BCUT2D eigenvalue weighted by Crippen LogP contribution is 2.16. The van der Waals surface area contributed by atoms with Crippen molar-refractivity contribution in [2.75, 3.05) is 18.4 Å². The van der Waals surface area contributed by atoms with Crippen LogP contribution in [0.3, 0.4) is 0 Å². The monoisotopic (exact) mass is 538 g/mol. The summed E-state index contributed by atoms with van der Waals surface area (Å²) in [5, 5.41) is 32.3. The molecule has 0 spiro atoms. The summed E-state index contributed by atoms with van der Waals surface area (Å²) >= 11 is 0. The highest BCUT2D eigenvalue weighted by molar-refractivity contribution is 5.98. The predicted octanol–water partition coefficient (Wildman–Crippen LogP) is 0.761. The summed E-state index contributed by atoms with van der Waals surface area (Å²) in [6.07, 6.45) is 2.39. The highest BCUT2D eigenvalue weighted by Gasteiger charge is 2.30. The third-order valence-electron chi connectivity index (χ3n) is 6.26. The topological polar surface area (TPSA) is 204 Å². The standard InChI is InChI=1S/C26H34N8O5/c27-26(28)30-15-5-9-21(24(36)31-18-10-12-19(13-11-18)34(38)39)32-25(37)22(16-17-6-2-1-3-7-17)33-23(35)20-8-4-14-29-20/h1-3,6-7,10-13,20-22,29H,4-5,8-9,14-16H2,(H,31,36)(H,32,37)(H,33,35)(H4,27,28,30)/t20-,21+,22+/m1/s1. The molecule has 39 heavy (non-hydrogen) atoms. The summed E-state index contributed by atoms with van der Waals surface area (Å²) in [4.78, 5) is 49.8. The Bertz CT molecular complexity index is 1150. The van der Waals surface area contributed by atoms with Crippen molar-refractivity contribution in [2.24, 2.45) is 5.73 Å². The van der Waals surface area contributed by atoms with Crippen molar-refractivity contribution in [3.8, 4) is 0 Å². The van der Waals surface area contributed by atoms with Crippen LogP contribution in [0.2, 0.25) is 0 Å². The highest BCUT2D eigenvalue weighted by atomic mass is 16.6. The average molecular weight is 539 g/mol. The molecule has 2 aromatic carbocycles. The molecule has 3 amide bonds. The van der Waals surface area contributed by atoms with Crippen LogP contribution in [-0.2, 0) is 20.8 Å². The van der Waals surface area contributed by atoms with E-state index in [9.17, 15) is 24.5 Å². The lowest BCUT2D eigenvalue weighted by Crippen LogP contribution is -2.55. The summed E-state index contributed by atoms with van der Waals surface area (Å²) in [5.41, 5.74) is 6.38. The fourth-order valence-corrected chi connectivity index (χ4v) is 4.21. The molecule has 2 aromatic rings. The number of rotatable bonds is 13. The van der Waals surface area contributed by atoms with Gasteiger partial charge in [-0.3, -0.25) is 29.9 Å². The number of hydrogen-bond acceptors (Lipinski definition) is 7. The van der Waals surface area contributed by atoms with Gasteiger partial charge in [-0.25, -0.2) is 0 Å². The molecule has 1 aliphatic rings. The van der Waals surface area contributed by atoms with E-state index < -0.39 is 28.8 Å². The van der Waals surface area contributed by atoms with Crippen LogP contribution in [0.5, 0.6) is 0 Å². The van der Waals surface area contributed by atoms with Gasteiger partial charge in [0.15, 0.2) is 5.96 Å². The van der Waals surface area contributed by atoms with Crippen LogP contribution in [-0.4, -0.2) is 59.8 Å². The lowest BCUT2D eigenvalue weighted by atomic mass is 10.0. The van der Waals surface area contributed by atoms with Crippen LogP contribution in [0.25, 0.3) is 0 Å². The number of anilines is 1. The van der Waals surface area contributed by atoms with E-state index in [0.717, 1.165) is 18.5 Å². The van der Waals surface area contributed by atoms with Gasteiger partial charge in [0.05, 0.1) is 11.0 Å². The SMILES string of the molecule is N=C(N)NCCC[C@H](NC(=O)[C@H](Cc1ccccc1)NC(=O)[C@H]1CCCN1)C(=O)Nc1ccc([N+](=O)[O-])cc1. The van der Waals surface area contributed by atoms with Crippen molar-refractivity contribution in [1.29, 1.82) is 5.41 Å². The van der Waals surface area contributed by atoms with Crippen LogP contribution < -0.4 is 32.3 Å². The number of carbonyl (C=O) groups excluding carboxylic acids is 3. The second kappa shape index (κ2) is 14.4. The minimum absolute atomic E-state index is 0.121. The molecule has 1 saturated heterocycles.